The van der Waals surface area contributed by atoms with Crippen LogP contribution < -0.4 is 0 Å². The van der Waals surface area contributed by atoms with Crippen molar-refractivity contribution in [1.29, 1.82) is 0 Å². The van der Waals surface area contributed by atoms with E-state index in [-0.39, 0.29) is 18.0 Å². The van der Waals surface area contributed by atoms with E-state index in [2.05, 4.69) is 13.8 Å². The second-order valence-corrected chi connectivity index (χ2v) is 4.39. The molecule has 2 heteroatoms. The van der Waals surface area contributed by atoms with E-state index in [0.717, 1.165) is 12.8 Å². The van der Waals surface area contributed by atoms with Crippen molar-refractivity contribution < 1.29 is 9.53 Å². The van der Waals surface area contributed by atoms with Crippen LogP contribution in [-0.4, -0.2) is 12.1 Å². The highest BCUT2D eigenvalue weighted by Gasteiger charge is 2.43. The van der Waals surface area contributed by atoms with Crippen molar-refractivity contribution in [3.05, 3.63) is 0 Å². The van der Waals surface area contributed by atoms with Gasteiger partial charge < -0.3 is 4.74 Å². The second-order valence-electron chi connectivity index (χ2n) is 4.39. The van der Waals surface area contributed by atoms with Gasteiger partial charge >= 0.3 is 5.97 Å². The SMILES string of the molecule is CC(C)C1CCC2CC1OC2=O. The minimum Gasteiger partial charge on any atom is -0.462 e. The van der Waals surface area contributed by atoms with Gasteiger partial charge in [0.15, 0.2) is 0 Å². The number of hydrogen-bond acceptors (Lipinski definition) is 2. The summed E-state index contributed by atoms with van der Waals surface area (Å²) in [5.74, 6) is 1.57. The van der Waals surface area contributed by atoms with Crippen LogP contribution in [0.3, 0.4) is 0 Å². The van der Waals surface area contributed by atoms with Crippen LogP contribution in [-0.2, 0) is 9.53 Å². The lowest BCUT2D eigenvalue weighted by atomic mass is 9.77. The molecule has 2 fully saturated rings. The molecular formula is C10H16O2. The van der Waals surface area contributed by atoms with E-state index in [1.165, 1.54) is 6.42 Å². The van der Waals surface area contributed by atoms with Crippen molar-refractivity contribution in [3.8, 4) is 0 Å². The Labute approximate surface area is 73.3 Å². The Morgan fingerprint density at radius 2 is 2.17 bits per heavy atom. The lowest BCUT2D eigenvalue weighted by molar-refractivity contribution is -0.144. The Bertz CT molecular complexity index is 198. The van der Waals surface area contributed by atoms with Gasteiger partial charge in [-0.2, -0.15) is 0 Å². The zero-order valence-electron chi connectivity index (χ0n) is 7.75. The smallest absolute Gasteiger partial charge is 0.309 e. The van der Waals surface area contributed by atoms with Gasteiger partial charge in [-0.15, -0.1) is 0 Å². The number of carbonyl (C=O) groups excluding carboxylic acids is 1. The number of carbonyl (C=O) groups is 1. The molecule has 12 heavy (non-hydrogen) atoms. The summed E-state index contributed by atoms with van der Waals surface area (Å²) >= 11 is 0. The van der Waals surface area contributed by atoms with Gasteiger partial charge in [-0.25, -0.2) is 0 Å². The maximum atomic E-state index is 11.2. The molecule has 1 saturated carbocycles. The molecule has 1 saturated heterocycles. The topological polar surface area (TPSA) is 26.3 Å². The molecule has 0 aromatic carbocycles. The average molecular weight is 168 g/mol. The predicted octanol–water partition coefficient (Wildman–Crippen LogP) is 1.98. The fourth-order valence-corrected chi connectivity index (χ4v) is 2.51. The first-order chi connectivity index (χ1) is 5.68. The second kappa shape index (κ2) is 2.75. The minimum atomic E-state index is 0.0585. The van der Waals surface area contributed by atoms with Crippen molar-refractivity contribution in [1.82, 2.24) is 0 Å². The summed E-state index contributed by atoms with van der Waals surface area (Å²) in [5, 5.41) is 0. The van der Waals surface area contributed by atoms with E-state index in [0.29, 0.717) is 11.8 Å². The fraction of sp³-hybridized carbons (Fsp3) is 0.900. The van der Waals surface area contributed by atoms with Crippen LogP contribution in [0.15, 0.2) is 0 Å². The highest BCUT2D eigenvalue weighted by molar-refractivity contribution is 5.75. The lowest BCUT2D eigenvalue weighted by Crippen LogP contribution is -2.27. The molecule has 2 aliphatic rings. The summed E-state index contributed by atoms with van der Waals surface area (Å²) in [6.07, 6.45) is 3.47. The molecule has 0 spiro atoms. The van der Waals surface area contributed by atoms with Gasteiger partial charge in [0.05, 0.1) is 5.92 Å². The van der Waals surface area contributed by atoms with E-state index in [9.17, 15) is 4.79 Å². The molecule has 0 radical (unpaired) electrons. The molecule has 1 heterocycles. The van der Waals surface area contributed by atoms with Gasteiger partial charge in [-0.1, -0.05) is 13.8 Å². The Morgan fingerprint density at radius 1 is 1.42 bits per heavy atom. The molecular weight excluding hydrogens is 152 g/mol. The van der Waals surface area contributed by atoms with Crippen molar-refractivity contribution in [2.75, 3.05) is 0 Å². The molecule has 0 aromatic rings. The van der Waals surface area contributed by atoms with Crippen LogP contribution in [0, 0.1) is 17.8 Å². The first kappa shape index (κ1) is 8.09. The fourth-order valence-electron chi connectivity index (χ4n) is 2.51. The summed E-state index contributed by atoms with van der Waals surface area (Å²) < 4.78 is 5.32. The maximum absolute atomic E-state index is 11.2. The molecule has 3 unspecified atom stereocenters. The third-order valence-electron chi connectivity index (χ3n) is 3.30. The number of ether oxygens (including phenoxy) is 1. The third-order valence-corrected chi connectivity index (χ3v) is 3.30. The van der Waals surface area contributed by atoms with E-state index < -0.39 is 0 Å². The molecule has 0 N–H and O–H groups in total. The van der Waals surface area contributed by atoms with Crippen LogP contribution in [0.2, 0.25) is 0 Å². The van der Waals surface area contributed by atoms with Crippen LogP contribution >= 0.6 is 0 Å². The minimum absolute atomic E-state index is 0.0585. The molecule has 3 atom stereocenters. The standard InChI is InChI=1S/C10H16O2/c1-6(2)8-4-3-7-5-9(8)12-10(7)11/h6-9H,3-5H2,1-2H3. The molecule has 2 nitrogen and oxygen atoms in total. The Balaban J connectivity index is 2.09. The van der Waals surface area contributed by atoms with Gasteiger partial charge in [0.2, 0.25) is 0 Å². The number of fused-ring (bicyclic) bond motifs is 2. The number of hydrogen-bond donors (Lipinski definition) is 0. The highest BCUT2D eigenvalue weighted by Crippen LogP contribution is 2.40. The first-order valence-electron chi connectivity index (χ1n) is 4.89. The van der Waals surface area contributed by atoms with E-state index in [1.54, 1.807) is 0 Å². The van der Waals surface area contributed by atoms with E-state index in [1.807, 2.05) is 0 Å². The van der Waals surface area contributed by atoms with Crippen LogP contribution in [0.25, 0.3) is 0 Å². The third kappa shape index (κ3) is 1.13. The average Bonchev–Trinajstić information content (AvgIpc) is 2.28. The van der Waals surface area contributed by atoms with Gasteiger partial charge in [0, 0.05) is 0 Å². The lowest BCUT2D eigenvalue weighted by Gasteiger charge is -2.28. The zero-order valence-corrected chi connectivity index (χ0v) is 7.75. The van der Waals surface area contributed by atoms with Gasteiger partial charge in [0.1, 0.15) is 6.10 Å². The van der Waals surface area contributed by atoms with E-state index in [4.69, 9.17) is 4.74 Å². The number of esters is 1. The van der Waals surface area contributed by atoms with Gasteiger partial charge in [-0.05, 0) is 31.1 Å². The molecule has 1 aliphatic heterocycles. The van der Waals surface area contributed by atoms with Crippen molar-refractivity contribution in [2.45, 2.75) is 39.2 Å². The monoisotopic (exact) mass is 168 g/mol. The van der Waals surface area contributed by atoms with Crippen LogP contribution in [0.1, 0.15) is 33.1 Å². The zero-order chi connectivity index (χ0) is 8.72. The molecule has 2 bridgehead atoms. The van der Waals surface area contributed by atoms with Crippen LogP contribution in [0.5, 0.6) is 0 Å². The quantitative estimate of drug-likeness (QED) is 0.560. The summed E-state index contributed by atoms with van der Waals surface area (Å²) in [6.45, 7) is 4.44. The molecule has 0 amide bonds. The predicted molar refractivity (Wildman–Crippen MR) is 45.5 cm³/mol. The first-order valence-corrected chi connectivity index (χ1v) is 4.89. The highest BCUT2D eigenvalue weighted by atomic mass is 16.6. The summed E-state index contributed by atoms with van der Waals surface area (Å²) in [4.78, 5) is 11.2. The molecule has 2 rings (SSSR count). The maximum Gasteiger partial charge on any atom is 0.309 e. The Morgan fingerprint density at radius 3 is 2.83 bits per heavy atom. The Hall–Kier alpha value is -0.530. The Kier molecular flexibility index (Phi) is 1.85. The summed E-state index contributed by atoms with van der Waals surface area (Å²) in [7, 11) is 0. The summed E-state index contributed by atoms with van der Waals surface area (Å²) in [5.41, 5.74) is 0. The van der Waals surface area contributed by atoms with Crippen molar-refractivity contribution in [3.63, 3.8) is 0 Å². The van der Waals surface area contributed by atoms with E-state index >= 15 is 0 Å². The molecule has 1 aliphatic carbocycles. The molecule has 68 valence electrons. The number of rotatable bonds is 1. The van der Waals surface area contributed by atoms with Crippen LogP contribution in [0.4, 0.5) is 0 Å². The van der Waals surface area contributed by atoms with Gasteiger partial charge in [-0.3, -0.25) is 4.79 Å². The van der Waals surface area contributed by atoms with Gasteiger partial charge in [0.25, 0.3) is 0 Å². The van der Waals surface area contributed by atoms with Crippen molar-refractivity contribution >= 4 is 5.97 Å². The largest absolute Gasteiger partial charge is 0.462 e. The van der Waals surface area contributed by atoms with Crippen molar-refractivity contribution in [2.24, 2.45) is 17.8 Å². The molecule has 0 aromatic heterocycles. The summed E-state index contributed by atoms with van der Waals surface area (Å²) in [6, 6.07) is 0. The normalized spacial score (nSPS) is 40.2.